The van der Waals surface area contributed by atoms with Crippen LogP contribution < -0.4 is 5.32 Å². The highest BCUT2D eigenvalue weighted by molar-refractivity contribution is 5.76. The van der Waals surface area contributed by atoms with Crippen LogP contribution in [0.3, 0.4) is 0 Å². The summed E-state index contributed by atoms with van der Waals surface area (Å²) in [5, 5.41) is 2.91. The Hall–Kier alpha value is -1.06. The first kappa shape index (κ1) is 16.9. The first-order valence-corrected chi connectivity index (χ1v) is 7.04. The molecule has 4 nitrogen and oxygen atoms in total. The minimum Gasteiger partial charge on any atom is -0.353 e. The van der Waals surface area contributed by atoms with Crippen LogP contribution in [0.25, 0.3) is 0 Å². The first-order valence-electron chi connectivity index (χ1n) is 7.04. The quantitative estimate of drug-likeness (QED) is 0.841. The molecule has 0 saturated carbocycles. The van der Waals surface area contributed by atoms with E-state index in [2.05, 4.69) is 19.2 Å². The van der Waals surface area contributed by atoms with Crippen molar-refractivity contribution >= 4 is 11.8 Å². The number of carbonyl (C=O) groups excluding carboxylic acids is 2. The van der Waals surface area contributed by atoms with Crippen molar-refractivity contribution < 1.29 is 9.59 Å². The maximum absolute atomic E-state index is 11.8. The molecule has 0 aliphatic carbocycles. The normalized spacial score (nSPS) is 16.0. The predicted molar refractivity (Wildman–Crippen MR) is 74.2 cm³/mol. The van der Waals surface area contributed by atoms with Crippen molar-refractivity contribution in [3.8, 4) is 0 Å². The highest BCUT2D eigenvalue weighted by Gasteiger charge is 2.23. The monoisotopic (exact) mass is 256 g/mol. The van der Waals surface area contributed by atoms with E-state index >= 15 is 0 Å². The van der Waals surface area contributed by atoms with Crippen LogP contribution in [-0.4, -0.2) is 35.8 Å². The van der Waals surface area contributed by atoms with E-state index in [-0.39, 0.29) is 17.9 Å². The number of amides is 2. The van der Waals surface area contributed by atoms with Gasteiger partial charge in [-0.15, -0.1) is 0 Å². The Kier molecular flexibility index (Phi) is 8.42. The lowest BCUT2D eigenvalue weighted by Crippen LogP contribution is -2.46. The van der Waals surface area contributed by atoms with Gasteiger partial charge in [-0.1, -0.05) is 27.7 Å². The number of piperidine rings is 1. The molecule has 0 unspecified atom stereocenters. The number of nitrogens with one attached hydrogen (secondary N) is 1. The highest BCUT2D eigenvalue weighted by Crippen LogP contribution is 2.13. The largest absolute Gasteiger partial charge is 0.353 e. The summed E-state index contributed by atoms with van der Waals surface area (Å²) in [6.07, 6.45) is 2.39. The molecule has 18 heavy (non-hydrogen) atoms. The van der Waals surface area contributed by atoms with E-state index in [0.717, 1.165) is 25.9 Å². The summed E-state index contributed by atoms with van der Waals surface area (Å²) in [5.74, 6) is 0.684. The van der Waals surface area contributed by atoms with Gasteiger partial charge in [-0.25, -0.2) is 0 Å². The molecular weight excluding hydrogens is 228 g/mol. The molecule has 0 radical (unpaired) electrons. The topological polar surface area (TPSA) is 49.4 Å². The minimum absolute atomic E-state index is 0.0203. The van der Waals surface area contributed by atoms with Gasteiger partial charge >= 0.3 is 0 Å². The lowest BCUT2D eigenvalue weighted by molar-refractivity contribution is -0.133. The molecule has 0 aromatic carbocycles. The van der Waals surface area contributed by atoms with E-state index in [1.165, 1.54) is 6.92 Å². The van der Waals surface area contributed by atoms with Crippen LogP contribution in [0.4, 0.5) is 0 Å². The van der Waals surface area contributed by atoms with Gasteiger partial charge in [0.25, 0.3) is 0 Å². The lowest BCUT2D eigenvalue weighted by atomic mass is 10.0. The maximum Gasteiger partial charge on any atom is 0.222 e. The van der Waals surface area contributed by atoms with Gasteiger partial charge < -0.3 is 10.2 Å². The Morgan fingerprint density at radius 1 is 1.22 bits per heavy atom. The second-order valence-corrected chi connectivity index (χ2v) is 4.95. The predicted octanol–water partition coefficient (Wildman–Crippen LogP) is 2.19. The third-order valence-electron chi connectivity index (χ3n) is 2.84. The summed E-state index contributed by atoms with van der Waals surface area (Å²) in [4.78, 5) is 24.6. The van der Waals surface area contributed by atoms with Crippen molar-refractivity contribution in [3.63, 3.8) is 0 Å². The molecule has 1 N–H and O–H groups in total. The Morgan fingerprint density at radius 3 is 2.11 bits per heavy atom. The molecule has 4 heteroatoms. The minimum atomic E-state index is 0.0203. The molecule has 1 rings (SSSR count). The van der Waals surface area contributed by atoms with Gasteiger partial charge in [0.2, 0.25) is 11.8 Å². The number of hydrogen-bond acceptors (Lipinski definition) is 2. The van der Waals surface area contributed by atoms with E-state index in [4.69, 9.17) is 0 Å². The van der Waals surface area contributed by atoms with Crippen molar-refractivity contribution in [2.75, 3.05) is 13.1 Å². The summed E-state index contributed by atoms with van der Waals surface area (Å²) in [5.41, 5.74) is 0. The Bertz CT molecular complexity index is 257. The summed E-state index contributed by atoms with van der Waals surface area (Å²) in [6, 6.07) is 0.251. The van der Waals surface area contributed by atoms with Crippen LogP contribution in [0.5, 0.6) is 0 Å². The van der Waals surface area contributed by atoms with Crippen molar-refractivity contribution in [3.05, 3.63) is 0 Å². The molecular formula is C14H28N2O2. The standard InChI is InChI=1S/C12H22N2O2.C2H6/c1-9(2)8-12(16)14-6-4-11(5-7-14)13-10(3)15;1-2/h9,11H,4-8H2,1-3H3,(H,13,15);1-2H3. The lowest BCUT2D eigenvalue weighted by Gasteiger charge is -2.32. The van der Waals surface area contributed by atoms with Crippen LogP contribution in [-0.2, 0) is 9.59 Å². The first-order chi connectivity index (χ1) is 8.49. The molecule has 106 valence electrons. The molecule has 1 aliphatic rings. The van der Waals surface area contributed by atoms with E-state index in [0.29, 0.717) is 12.3 Å². The average molecular weight is 256 g/mol. The molecule has 0 atom stereocenters. The Labute approximate surface area is 111 Å². The smallest absolute Gasteiger partial charge is 0.222 e. The van der Waals surface area contributed by atoms with E-state index < -0.39 is 0 Å². The fraction of sp³-hybridized carbons (Fsp3) is 0.857. The SMILES string of the molecule is CC.CC(=O)NC1CCN(C(=O)CC(C)C)CC1. The molecule has 1 saturated heterocycles. The fourth-order valence-corrected chi connectivity index (χ4v) is 2.04. The van der Waals surface area contributed by atoms with Crippen LogP contribution in [0.1, 0.15) is 53.9 Å². The van der Waals surface area contributed by atoms with E-state index in [1.54, 1.807) is 0 Å². The van der Waals surface area contributed by atoms with Crippen LogP contribution in [0.15, 0.2) is 0 Å². The van der Waals surface area contributed by atoms with Crippen molar-refractivity contribution in [2.24, 2.45) is 5.92 Å². The van der Waals surface area contributed by atoms with Gasteiger partial charge in [0.15, 0.2) is 0 Å². The third-order valence-corrected chi connectivity index (χ3v) is 2.84. The molecule has 1 heterocycles. The number of carbonyl (C=O) groups is 2. The van der Waals surface area contributed by atoms with Crippen molar-refractivity contribution in [1.82, 2.24) is 10.2 Å². The highest BCUT2D eigenvalue weighted by atomic mass is 16.2. The van der Waals surface area contributed by atoms with Crippen LogP contribution >= 0.6 is 0 Å². The molecule has 0 aromatic heterocycles. The summed E-state index contributed by atoms with van der Waals surface area (Å²) in [6.45, 7) is 11.2. The van der Waals surface area contributed by atoms with E-state index in [9.17, 15) is 9.59 Å². The number of likely N-dealkylation sites (tertiary alicyclic amines) is 1. The summed E-state index contributed by atoms with van der Waals surface area (Å²) >= 11 is 0. The number of rotatable bonds is 3. The molecule has 1 fully saturated rings. The maximum atomic E-state index is 11.8. The molecule has 0 bridgehead atoms. The van der Waals surface area contributed by atoms with Crippen molar-refractivity contribution in [2.45, 2.75) is 59.9 Å². The van der Waals surface area contributed by atoms with Crippen LogP contribution in [0, 0.1) is 5.92 Å². The summed E-state index contributed by atoms with van der Waals surface area (Å²) in [7, 11) is 0. The Morgan fingerprint density at radius 2 is 1.72 bits per heavy atom. The number of nitrogens with zero attached hydrogens (tertiary/aromatic N) is 1. The molecule has 1 aliphatic heterocycles. The number of hydrogen-bond donors (Lipinski definition) is 1. The van der Waals surface area contributed by atoms with Crippen molar-refractivity contribution in [1.29, 1.82) is 0 Å². The average Bonchev–Trinajstić information content (AvgIpc) is 2.31. The zero-order chi connectivity index (χ0) is 14.1. The third kappa shape index (κ3) is 6.62. The molecule has 2 amide bonds. The second-order valence-electron chi connectivity index (χ2n) is 4.95. The summed E-state index contributed by atoms with van der Waals surface area (Å²) < 4.78 is 0. The zero-order valence-corrected chi connectivity index (χ0v) is 12.5. The van der Waals surface area contributed by atoms with Crippen LogP contribution in [0.2, 0.25) is 0 Å². The van der Waals surface area contributed by atoms with Gasteiger partial charge in [-0.05, 0) is 18.8 Å². The van der Waals surface area contributed by atoms with Gasteiger partial charge in [0.05, 0.1) is 0 Å². The molecule has 0 aromatic rings. The zero-order valence-electron chi connectivity index (χ0n) is 12.5. The van der Waals surface area contributed by atoms with E-state index in [1.807, 2.05) is 18.7 Å². The van der Waals surface area contributed by atoms with Gasteiger partial charge in [0.1, 0.15) is 0 Å². The molecule has 0 spiro atoms. The van der Waals surface area contributed by atoms with Gasteiger partial charge in [-0.2, -0.15) is 0 Å². The second kappa shape index (κ2) is 8.95. The fourth-order valence-electron chi connectivity index (χ4n) is 2.04. The Balaban J connectivity index is 0.00000137. The van der Waals surface area contributed by atoms with Gasteiger partial charge in [0, 0.05) is 32.5 Å². The van der Waals surface area contributed by atoms with Gasteiger partial charge in [-0.3, -0.25) is 9.59 Å².